The predicted molar refractivity (Wildman–Crippen MR) is 132 cm³/mol. The van der Waals surface area contributed by atoms with Gasteiger partial charge in [0.15, 0.2) is 47.4 Å². The second-order valence-corrected chi connectivity index (χ2v) is 9.48. The number of rotatable bonds is 4. The van der Waals surface area contributed by atoms with Crippen molar-refractivity contribution in [1.29, 1.82) is 0 Å². The number of aliphatic hydroxyl groups is 2. The summed E-state index contributed by atoms with van der Waals surface area (Å²) in [4.78, 5) is 12.8. The number of hydrogen-bond donors (Lipinski definition) is 5. The van der Waals surface area contributed by atoms with Crippen LogP contribution in [0.1, 0.15) is 33.7 Å². The summed E-state index contributed by atoms with van der Waals surface area (Å²) >= 11 is 1.96. The lowest BCUT2D eigenvalue weighted by Gasteiger charge is -2.35. The molecule has 11 heteroatoms. The number of halogens is 1. The van der Waals surface area contributed by atoms with Gasteiger partial charge in [-0.15, -0.1) is 0 Å². The number of aliphatic hydroxyl groups excluding tert-OH is 2. The van der Waals surface area contributed by atoms with Gasteiger partial charge in [-0.25, -0.2) is 0 Å². The van der Waals surface area contributed by atoms with Gasteiger partial charge in [-0.3, -0.25) is 4.79 Å². The Labute approximate surface area is 218 Å². The minimum absolute atomic E-state index is 0.0210. The molecule has 0 aliphatic carbocycles. The van der Waals surface area contributed by atoms with E-state index in [9.17, 15) is 30.3 Å². The molecule has 5 rings (SSSR count). The highest BCUT2D eigenvalue weighted by atomic mass is 127. The van der Waals surface area contributed by atoms with Crippen LogP contribution in [-0.4, -0.2) is 57.2 Å². The van der Waals surface area contributed by atoms with Crippen molar-refractivity contribution in [2.45, 2.75) is 24.4 Å². The number of carbonyl (C=O) groups is 1. The largest absolute Gasteiger partial charge is 0.508 e. The fourth-order valence-electron chi connectivity index (χ4n) is 4.32. The summed E-state index contributed by atoms with van der Waals surface area (Å²) in [6.07, 6.45) is -4.30. The van der Waals surface area contributed by atoms with Gasteiger partial charge in [-0.1, -0.05) is 6.07 Å². The standard InChI is InChI=1S/C25H21IO10/c1-33-18-6-11(4-13(26)21(18)30)24-19(9-27)34-15-3-2-10(5-16(15)35-24)25-23(32)22(31)20-14(29)7-12(28)8-17(20)36-25/h2-8,19,23-25,27-30,32H,9H2,1H3/t19?,23-,24?,25+/m0/s1. The Hall–Kier alpha value is -3.42. The van der Waals surface area contributed by atoms with Crippen LogP contribution < -0.4 is 18.9 Å². The molecule has 0 amide bonds. The van der Waals surface area contributed by atoms with Gasteiger partial charge < -0.3 is 44.5 Å². The molecule has 0 fully saturated rings. The quantitative estimate of drug-likeness (QED) is 0.279. The van der Waals surface area contributed by atoms with Crippen molar-refractivity contribution in [3.05, 3.63) is 62.7 Å². The number of benzene rings is 3. The zero-order valence-corrected chi connectivity index (χ0v) is 20.9. The van der Waals surface area contributed by atoms with Gasteiger partial charge in [0.2, 0.25) is 5.78 Å². The number of fused-ring (bicyclic) bond motifs is 2. The lowest BCUT2D eigenvalue weighted by molar-refractivity contribution is -0.0131. The van der Waals surface area contributed by atoms with Crippen LogP contribution in [0.25, 0.3) is 0 Å². The van der Waals surface area contributed by atoms with Crippen molar-refractivity contribution in [3.8, 4) is 40.2 Å². The van der Waals surface area contributed by atoms with Gasteiger partial charge >= 0.3 is 0 Å². The third kappa shape index (κ3) is 4.02. The maximum atomic E-state index is 12.8. The highest BCUT2D eigenvalue weighted by Gasteiger charge is 2.40. The molecule has 36 heavy (non-hydrogen) atoms. The molecule has 0 aromatic heterocycles. The third-order valence-corrected chi connectivity index (χ3v) is 6.89. The number of phenolic OH excluding ortho intramolecular Hbond substituents is 3. The van der Waals surface area contributed by atoms with Crippen LogP contribution >= 0.6 is 22.6 Å². The molecule has 2 heterocycles. The van der Waals surface area contributed by atoms with Crippen LogP contribution in [0.3, 0.4) is 0 Å². The number of Topliss-reactive ketones (excluding diaryl/α,β-unsaturated/α-hetero) is 1. The molecule has 10 nitrogen and oxygen atoms in total. The zero-order chi connectivity index (χ0) is 25.7. The Morgan fingerprint density at radius 2 is 1.67 bits per heavy atom. The summed E-state index contributed by atoms with van der Waals surface area (Å²) in [6.45, 7) is -0.353. The predicted octanol–water partition coefficient (Wildman–Crippen LogP) is 2.97. The Bertz CT molecular complexity index is 1360. The van der Waals surface area contributed by atoms with Crippen molar-refractivity contribution >= 4 is 28.4 Å². The molecule has 3 aromatic rings. The van der Waals surface area contributed by atoms with E-state index in [4.69, 9.17) is 18.9 Å². The molecule has 2 aliphatic heterocycles. The molecule has 0 radical (unpaired) electrons. The Morgan fingerprint density at radius 1 is 0.917 bits per heavy atom. The molecule has 2 unspecified atom stereocenters. The molecule has 188 valence electrons. The van der Waals surface area contributed by atoms with Gasteiger partial charge in [0.05, 0.1) is 17.3 Å². The van der Waals surface area contributed by atoms with Gasteiger partial charge in [0, 0.05) is 17.7 Å². The van der Waals surface area contributed by atoms with E-state index in [-0.39, 0.29) is 40.9 Å². The number of methoxy groups -OCH3 is 1. The Balaban J connectivity index is 1.51. The summed E-state index contributed by atoms with van der Waals surface area (Å²) in [6, 6.07) is 10.2. The van der Waals surface area contributed by atoms with Gasteiger partial charge in [0.1, 0.15) is 22.8 Å². The second kappa shape index (κ2) is 9.22. The number of aromatic hydroxyl groups is 3. The molecule has 5 N–H and O–H groups in total. The van der Waals surface area contributed by atoms with E-state index in [0.29, 0.717) is 20.4 Å². The van der Waals surface area contributed by atoms with E-state index < -0.39 is 35.9 Å². The van der Waals surface area contributed by atoms with Gasteiger partial charge in [-0.05, 0) is 52.4 Å². The first kappa shape index (κ1) is 24.3. The van der Waals surface area contributed by atoms with Crippen LogP contribution in [0.5, 0.6) is 40.2 Å². The summed E-state index contributed by atoms with van der Waals surface area (Å²) in [7, 11) is 1.42. The first-order chi connectivity index (χ1) is 17.2. The van der Waals surface area contributed by atoms with E-state index >= 15 is 0 Å². The highest BCUT2D eigenvalue weighted by Crippen LogP contribution is 2.46. The minimum atomic E-state index is -1.63. The van der Waals surface area contributed by atoms with Crippen molar-refractivity contribution in [1.82, 2.24) is 0 Å². The van der Waals surface area contributed by atoms with Crippen molar-refractivity contribution in [2.24, 2.45) is 0 Å². The third-order valence-electron chi connectivity index (χ3n) is 6.07. The maximum Gasteiger partial charge on any atom is 0.202 e. The van der Waals surface area contributed by atoms with Gasteiger partial charge in [-0.2, -0.15) is 0 Å². The highest BCUT2D eigenvalue weighted by molar-refractivity contribution is 14.1. The van der Waals surface area contributed by atoms with E-state index in [1.807, 2.05) is 22.6 Å². The van der Waals surface area contributed by atoms with E-state index in [1.54, 1.807) is 30.3 Å². The maximum absolute atomic E-state index is 12.8. The fourth-order valence-corrected chi connectivity index (χ4v) is 4.95. The molecule has 0 bridgehead atoms. The summed E-state index contributed by atoms with van der Waals surface area (Å²) in [5.41, 5.74) is 0.759. The molecule has 0 spiro atoms. The van der Waals surface area contributed by atoms with Gasteiger partial charge in [0.25, 0.3) is 0 Å². The van der Waals surface area contributed by atoms with E-state index in [0.717, 1.165) is 6.07 Å². The normalized spacial score (nSPS) is 22.5. The Morgan fingerprint density at radius 3 is 2.39 bits per heavy atom. The second-order valence-electron chi connectivity index (χ2n) is 8.32. The number of ether oxygens (including phenoxy) is 4. The van der Waals surface area contributed by atoms with E-state index in [2.05, 4.69) is 0 Å². The number of hydrogen-bond acceptors (Lipinski definition) is 10. The SMILES string of the molecule is COc1cc(C2Oc3cc([C@H]4Oc5cc(O)cc(O)c5C(=O)[C@@H]4O)ccc3OC2CO)cc(I)c1O. The van der Waals surface area contributed by atoms with Crippen LogP contribution in [0.2, 0.25) is 0 Å². The number of ketones is 1. The summed E-state index contributed by atoms with van der Waals surface area (Å²) < 4.78 is 23.7. The summed E-state index contributed by atoms with van der Waals surface area (Å²) in [5.74, 6) is -0.783. The first-order valence-corrected chi connectivity index (χ1v) is 11.9. The lowest BCUT2D eigenvalue weighted by Crippen LogP contribution is -2.37. The van der Waals surface area contributed by atoms with Crippen LogP contribution in [-0.2, 0) is 0 Å². The van der Waals surface area contributed by atoms with Crippen LogP contribution in [0.4, 0.5) is 0 Å². The fraction of sp³-hybridized carbons (Fsp3) is 0.240. The number of carbonyl (C=O) groups excluding carboxylic acids is 1. The molecular formula is C25H21IO10. The molecule has 0 saturated heterocycles. The van der Waals surface area contributed by atoms with E-state index in [1.165, 1.54) is 13.2 Å². The van der Waals surface area contributed by atoms with Crippen LogP contribution in [0.15, 0.2) is 42.5 Å². The molecule has 3 aromatic carbocycles. The first-order valence-electron chi connectivity index (χ1n) is 10.8. The molecule has 0 saturated carbocycles. The van der Waals surface area contributed by atoms with Crippen molar-refractivity contribution in [2.75, 3.05) is 13.7 Å². The smallest absolute Gasteiger partial charge is 0.202 e. The molecular weight excluding hydrogens is 587 g/mol. The molecule has 4 atom stereocenters. The minimum Gasteiger partial charge on any atom is -0.508 e. The number of phenols is 3. The topological polar surface area (TPSA) is 155 Å². The summed E-state index contributed by atoms with van der Waals surface area (Å²) in [5, 5.41) is 50.6. The average molecular weight is 608 g/mol. The Kier molecular flexibility index (Phi) is 6.22. The monoisotopic (exact) mass is 608 g/mol. The average Bonchev–Trinajstić information content (AvgIpc) is 2.86. The molecule has 2 aliphatic rings. The van der Waals surface area contributed by atoms with Crippen molar-refractivity contribution < 1.29 is 49.3 Å². The van der Waals surface area contributed by atoms with Crippen molar-refractivity contribution in [3.63, 3.8) is 0 Å². The zero-order valence-electron chi connectivity index (χ0n) is 18.7. The lowest BCUT2D eigenvalue weighted by atomic mass is 9.92. The van der Waals surface area contributed by atoms with Crippen LogP contribution in [0, 0.1) is 3.57 Å².